The lowest BCUT2D eigenvalue weighted by molar-refractivity contribution is -0.134. The lowest BCUT2D eigenvalue weighted by Gasteiger charge is -2.36. The van der Waals surface area contributed by atoms with E-state index in [1.54, 1.807) is 0 Å². The van der Waals surface area contributed by atoms with Crippen molar-refractivity contribution < 1.29 is 4.79 Å². The summed E-state index contributed by atoms with van der Waals surface area (Å²) in [6, 6.07) is 0.429. The number of carbonyl (C=O) groups is 1. The second kappa shape index (κ2) is 6.01. The summed E-state index contributed by atoms with van der Waals surface area (Å²) in [6.45, 7) is 3.10. The highest BCUT2D eigenvalue weighted by atomic mass is 79.9. The molecule has 1 aliphatic rings. The Morgan fingerprint density at radius 2 is 2.43 bits per heavy atom. The first-order chi connectivity index (χ1) is 6.70. The normalized spacial score (nSPS) is 25.2. The topological polar surface area (TPSA) is 20.3 Å². The molecule has 1 heterocycles. The van der Waals surface area contributed by atoms with E-state index in [4.69, 9.17) is 0 Å². The first kappa shape index (κ1) is 12.4. The second-order valence-corrected chi connectivity index (χ2v) is 5.67. The highest BCUT2D eigenvalue weighted by Crippen LogP contribution is 2.22. The number of piperidine rings is 1. The number of likely N-dealkylation sites (tertiary alicyclic amines) is 1. The third-order valence-corrected chi connectivity index (χ3v) is 4.25. The van der Waals surface area contributed by atoms with Crippen molar-refractivity contribution in [1.29, 1.82) is 0 Å². The van der Waals surface area contributed by atoms with Gasteiger partial charge in [0, 0.05) is 18.3 Å². The third kappa shape index (κ3) is 2.89. The zero-order valence-electron chi connectivity index (χ0n) is 8.83. The van der Waals surface area contributed by atoms with Crippen LogP contribution in [-0.4, -0.2) is 40.2 Å². The predicted molar refractivity (Wildman–Crippen MR) is 66.1 cm³/mol. The summed E-state index contributed by atoms with van der Waals surface area (Å²) in [4.78, 5) is 14.0. The molecule has 1 fully saturated rings. The van der Waals surface area contributed by atoms with Gasteiger partial charge in [-0.1, -0.05) is 22.9 Å². The standard InChI is InChI=1S/C10H18BrNOS/c1-3-8(7-14-2)12-6-4-5-9(11)10(12)13/h8-9H,3-7H2,1-2H3. The zero-order valence-corrected chi connectivity index (χ0v) is 11.2. The van der Waals surface area contributed by atoms with Crippen molar-refractivity contribution in [3.8, 4) is 0 Å². The number of rotatable bonds is 4. The SMILES string of the molecule is CCC(CSC)N1CCCC(Br)C1=O. The van der Waals surface area contributed by atoms with Crippen LogP contribution in [0.5, 0.6) is 0 Å². The zero-order chi connectivity index (χ0) is 10.6. The van der Waals surface area contributed by atoms with Gasteiger partial charge >= 0.3 is 0 Å². The summed E-state index contributed by atoms with van der Waals surface area (Å²) in [6.07, 6.45) is 5.28. The molecular weight excluding hydrogens is 262 g/mol. The van der Waals surface area contributed by atoms with Crippen LogP contribution in [0.3, 0.4) is 0 Å². The molecule has 0 saturated carbocycles. The number of hydrogen-bond acceptors (Lipinski definition) is 2. The van der Waals surface area contributed by atoms with Gasteiger partial charge in [0.05, 0.1) is 4.83 Å². The van der Waals surface area contributed by atoms with Crippen LogP contribution in [0.4, 0.5) is 0 Å². The van der Waals surface area contributed by atoms with E-state index in [0.29, 0.717) is 6.04 Å². The van der Waals surface area contributed by atoms with Crippen molar-refractivity contribution in [2.75, 3.05) is 18.6 Å². The lowest BCUT2D eigenvalue weighted by atomic mass is 10.1. The molecule has 4 heteroatoms. The van der Waals surface area contributed by atoms with Crippen LogP contribution in [0.25, 0.3) is 0 Å². The smallest absolute Gasteiger partial charge is 0.236 e. The summed E-state index contributed by atoms with van der Waals surface area (Å²) in [5.41, 5.74) is 0. The van der Waals surface area contributed by atoms with Crippen molar-refractivity contribution in [3.05, 3.63) is 0 Å². The first-order valence-electron chi connectivity index (χ1n) is 5.14. The molecule has 1 saturated heterocycles. The van der Waals surface area contributed by atoms with Crippen LogP contribution < -0.4 is 0 Å². The molecule has 1 aliphatic heterocycles. The van der Waals surface area contributed by atoms with Crippen LogP contribution in [-0.2, 0) is 4.79 Å². The molecule has 0 radical (unpaired) electrons. The number of thioether (sulfide) groups is 1. The van der Waals surface area contributed by atoms with E-state index in [-0.39, 0.29) is 10.7 Å². The predicted octanol–water partition coefficient (Wildman–Crippen LogP) is 2.51. The maximum absolute atomic E-state index is 11.9. The Balaban J connectivity index is 2.59. The molecule has 2 nitrogen and oxygen atoms in total. The molecular formula is C10H18BrNOS. The highest BCUT2D eigenvalue weighted by Gasteiger charge is 2.30. The Bertz CT molecular complexity index is 201. The van der Waals surface area contributed by atoms with Crippen LogP contribution in [0.15, 0.2) is 0 Å². The summed E-state index contributed by atoms with van der Waals surface area (Å²) in [5.74, 6) is 1.35. The number of nitrogens with zero attached hydrogens (tertiary/aromatic N) is 1. The van der Waals surface area contributed by atoms with Crippen LogP contribution in [0, 0.1) is 0 Å². The Kier molecular flexibility index (Phi) is 5.31. The molecule has 1 rings (SSSR count). The molecule has 0 spiro atoms. The van der Waals surface area contributed by atoms with Crippen molar-refractivity contribution in [3.63, 3.8) is 0 Å². The summed E-state index contributed by atoms with van der Waals surface area (Å²) in [7, 11) is 0. The first-order valence-corrected chi connectivity index (χ1v) is 7.45. The van der Waals surface area contributed by atoms with Gasteiger partial charge in [-0.15, -0.1) is 0 Å². The maximum Gasteiger partial charge on any atom is 0.236 e. The van der Waals surface area contributed by atoms with E-state index < -0.39 is 0 Å². The van der Waals surface area contributed by atoms with Crippen molar-refractivity contribution in [1.82, 2.24) is 4.90 Å². The van der Waals surface area contributed by atoms with Crippen LogP contribution in [0.1, 0.15) is 26.2 Å². The van der Waals surface area contributed by atoms with Gasteiger partial charge in [0.1, 0.15) is 0 Å². The number of halogens is 1. The van der Waals surface area contributed by atoms with Gasteiger partial charge in [0.15, 0.2) is 0 Å². The van der Waals surface area contributed by atoms with Gasteiger partial charge in [-0.3, -0.25) is 4.79 Å². The molecule has 14 heavy (non-hydrogen) atoms. The van der Waals surface area contributed by atoms with E-state index in [1.165, 1.54) is 0 Å². The quantitative estimate of drug-likeness (QED) is 0.737. The molecule has 0 aromatic heterocycles. The van der Waals surface area contributed by atoms with Gasteiger partial charge in [-0.25, -0.2) is 0 Å². The molecule has 0 aromatic rings. The Morgan fingerprint density at radius 3 is 3.00 bits per heavy atom. The fraction of sp³-hybridized carbons (Fsp3) is 0.900. The van der Waals surface area contributed by atoms with E-state index in [1.807, 2.05) is 11.8 Å². The average Bonchev–Trinajstić information content (AvgIpc) is 2.19. The van der Waals surface area contributed by atoms with E-state index in [2.05, 4.69) is 34.0 Å². The van der Waals surface area contributed by atoms with Crippen LogP contribution in [0.2, 0.25) is 0 Å². The molecule has 1 amide bonds. The highest BCUT2D eigenvalue weighted by molar-refractivity contribution is 9.10. The largest absolute Gasteiger partial charge is 0.338 e. The van der Waals surface area contributed by atoms with Crippen LogP contribution >= 0.6 is 27.7 Å². The fourth-order valence-electron chi connectivity index (χ4n) is 1.84. The van der Waals surface area contributed by atoms with Gasteiger partial charge in [0.2, 0.25) is 5.91 Å². The summed E-state index contributed by atoms with van der Waals surface area (Å²) in [5, 5.41) is 0. The van der Waals surface area contributed by atoms with Gasteiger partial charge in [-0.05, 0) is 25.5 Å². The lowest BCUT2D eigenvalue weighted by Crippen LogP contribution is -2.48. The third-order valence-electron chi connectivity index (χ3n) is 2.68. The molecule has 2 atom stereocenters. The molecule has 2 unspecified atom stereocenters. The summed E-state index contributed by atoms with van der Waals surface area (Å²) < 4.78 is 0. The van der Waals surface area contributed by atoms with Crippen molar-refractivity contribution >= 4 is 33.6 Å². The second-order valence-electron chi connectivity index (χ2n) is 3.66. The molecule has 0 aromatic carbocycles. The minimum Gasteiger partial charge on any atom is -0.338 e. The van der Waals surface area contributed by atoms with Gasteiger partial charge in [0.25, 0.3) is 0 Å². The van der Waals surface area contributed by atoms with E-state index in [0.717, 1.165) is 31.6 Å². The van der Waals surface area contributed by atoms with Gasteiger partial charge in [-0.2, -0.15) is 11.8 Å². The minimum absolute atomic E-state index is 0.0622. The number of amides is 1. The van der Waals surface area contributed by atoms with Crippen molar-refractivity contribution in [2.24, 2.45) is 0 Å². The van der Waals surface area contributed by atoms with E-state index >= 15 is 0 Å². The average molecular weight is 280 g/mol. The monoisotopic (exact) mass is 279 g/mol. The number of hydrogen-bond donors (Lipinski definition) is 0. The van der Waals surface area contributed by atoms with Gasteiger partial charge < -0.3 is 4.90 Å². The Morgan fingerprint density at radius 1 is 1.71 bits per heavy atom. The number of carbonyl (C=O) groups excluding carboxylic acids is 1. The van der Waals surface area contributed by atoms with E-state index in [9.17, 15) is 4.79 Å². The maximum atomic E-state index is 11.9. The molecule has 0 bridgehead atoms. The Hall–Kier alpha value is 0.300. The molecule has 82 valence electrons. The summed E-state index contributed by atoms with van der Waals surface area (Å²) >= 11 is 5.27. The number of alkyl halides is 1. The van der Waals surface area contributed by atoms with Crippen molar-refractivity contribution in [2.45, 2.75) is 37.1 Å². The Labute approximate surface area is 98.9 Å². The molecule has 0 aliphatic carbocycles. The fourth-order valence-corrected chi connectivity index (χ4v) is 3.22. The molecule has 0 N–H and O–H groups in total. The minimum atomic E-state index is 0.0622.